The van der Waals surface area contributed by atoms with Crippen molar-refractivity contribution >= 4 is 11.6 Å². The van der Waals surface area contributed by atoms with Crippen LogP contribution in [-0.2, 0) is 0 Å². The molecule has 4 nitrogen and oxygen atoms in total. The molecule has 0 aliphatic carbocycles. The van der Waals surface area contributed by atoms with Crippen molar-refractivity contribution in [1.82, 2.24) is 14.8 Å². The van der Waals surface area contributed by atoms with Crippen LogP contribution in [0.3, 0.4) is 0 Å². The summed E-state index contributed by atoms with van der Waals surface area (Å²) in [5.41, 5.74) is 1.36. The predicted molar refractivity (Wildman–Crippen MR) is 73.5 cm³/mol. The van der Waals surface area contributed by atoms with Gasteiger partial charge in [-0.25, -0.2) is 9.67 Å². The Labute approximate surface area is 114 Å². The fraction of sp³-hybridized carbons (Fsp3) is 0. The van der Waals surface area contributed by atoms with Gasteiger partial charge in [0, 0.05) is 16.8 Å². The molecule has 94 valence electrons. The van der Waals surface area contributed by atoms with Crippen LogP contribution in [0.25, 0.3) is 17.1 Å². The van der Waals surface area contributed by atoms with Crippen molar-refractivity contribution in [2.45, 2.75) is 0 Å². The number of rotatable bonds is 2. The highest BCUT2D eigenvalue weighted by molar-refractivity contribution is 6.30. The number of aromatic nitrogens is 3. The van der Waals surface area contributed by atoms with Crippen molar-refractivity contribution in [2.24, 2.45) is 0 Å². The molecule has 5 heteroatoms. The minimum Gasteiger partial charge on any atom is -0.507 e. The molecule has 0 radical (unpaired) electrons. The van der Waals surface area contributed by atoms with Crippen LogP contribution in [0.5, 0.6) is 5.75 Å². The lowest BCUT2D eigenvalue weighted by Gasteiger charge is -2.08. The molecule has 19 heavy (non-hydrogen) atoms. The number of pyridine rings is 1. The minimum atomic E-state index is 0.155. The first-order valence-electron chi connectivity index (χ1n) is 5.70. The highest BCUT2D eigenvalue weighted by Gasteiger charge is 2.12. The van der Waals surface area contributed by atoms with Crippen LogP contribution in [0.1, 0.15) is 0 Å². The molecule has 0 fully saturated rings. The Bertz CT molecular complexity index is 710. The molecule has 2 aromatic heterocycles. The summed E-state index contributed by atoms with van der Waals surface area (Å²) in [6.07, 6.45) is 3.35. The molecule has 0 aliphatic rings. The second-order valence-corrected chi connectivity index (χ2v) is 4.41. The number of phenols is 1. The molecule has 0 saturated carbocycles. The van der Waals surface area contributed by atoms with Crippen LogP contribution in [0.4, 0.5) is 0 Å². The molecule has 0 spiro atoms. The zero-order valence-corrected chi connectivity index (χ0v) is 10.6. The van der Waals surface area contributed by atoms with E-state index in [4.69, 9.17) is 11.6 Å². The Morgan fingerprint density at radius 3 is 2.74 bits per heavy atom. The van der Waals surface area contributed by atoms with Crippen molar-refractivity contribution < 1.29 is 5.11 Å². The van der Waals surface area contributed by atoms with Crippen molar-refractivity contribution in [2.75, 3.05) is 0 Å². The molecule has 1 aromatic carbocycles. The highest BCUT2D eigenvalue weighted by Crippen LogP contribution is 2.32. The summed E-state index contributed by atoms with van der Waals surface area (Å²) in [7, 11) is 0. The Morgan fingerprint density at radius 2 is 1.95 bits per heavy atom. The first-order chi connectivity index (χ1) is 9.25. The third kappa shape index (κ3) is 2.18. The van der Waals surface area contributed by atoms with Gasteiger partial charge in [-0.05, 0) is 36.4 Å². The van der Waals surface area contributed by atoms with Crippen LogP contribution in [0.15, 0.2) is 54.9 Å². The number of hydrogen-bond acceptors (Lipinski definition) is 3. The van der Waals surface area contributed by atoms with Gasteiger partial charge in [-0.3, -0.25) is 0 Å². The molecule has 0 aliphatic heterocycles. The number of aromatic hydroxyl groups is 1. The Kier molecular flexibility index (Phi) is 2.93. The first kappa shape index (κ1) is 11.7. The maximum absolute atomic E-state index is 9.96. The van der Waals surface area contributed by atoms with Gasteiger partial charge < -0.3 is 5.11 Å². The largest absolute Gasteiger partial charge is 0.507 e. The van der Waals surface area contributed by atoms with E-state index >= 15 is 0 Å². The van der Waals surface area contributed by atoms with E-state index in [1.54, 1.807) is 41.3 Å². The SMILES string of the molecule is Oc1ccc(Cl)cc1-c1ccnn1-c1ccccn1. The molecule has 1 N–H and O–H groups in total. The molecule has 0 amide bonds. The normalized spacial score (nSPS) is 10.6. The summed E-state index contributed by atoms with van der Waals surface area (Å²) >= 11 is 5.98. The van der Waals surface area contributed by atoms with Crippen molar-refractivity contribution in [3.63, 3.8) is 0 Å². The van der Waals surface area contributed by atoms with E-state index in [2.05, 4.69) is 10.1 Å². The van der Waals surface area contributed by atoms with Gasteiger partial charge in [0.1, 0.15) is 5.75 Å². The van der Waals surface area contributed by atoms with E-state index in [1.165, 1.54) is 0 Å². The molecular weight excluding hydrogens is 262 g/mol. The van der Waals surface area contributed by atoms with E-state index < -0.39 is 0 Å². The first-order valence-corrected chi connectivity index (χ1v) is 6.08. The quantitative estimate of drug-likeness (QED) is 0.778. The monoisotopic (exact) mass is 271 g/mol. The molecular formula is C14H10ClN3O. The predicted octanol–water partition coefficient (Wildman–Crippen LogP) is 3.29. The number of nitrogens with zero attached hydrogens (tertiary/aromatic N) is 3. The smallest absolute Gasteiger partial charge is 0.153 e. The van der Waals surface area contributed by atoms with Gasteiger partial charge in [0.2, 0.25) is 0 Å². The summed E-state index contributed by atoms with van der Waals surface area (Å²) in [4.78, 5) is 4.25. The van der Waals surface area contributed by atoms with Crippen LogP contribution >= 0.6 is 11.6 Å². The third-order valence-corrected chi connectivity index (χ3v) is 2.98. The average Bonchev–Trinajstić information content (AvgIpc) is 2.91. The maximum Gasteiger partial charge on any atom is 0.153 e. The third-order valence-electron chi connectivity index (χ3n) is 2.74. The number of halogens is 1. The van der Waals surface area contributed by atoms with E-state index in [-0.39, 0.29) is 5.75 Å². The molecule has 3 aromatic rings. The molecule has 0 atom stereocenters. The number of hydrogen-bond donors (Lipinski definition) is 1. The Morgan fingerprint density at radius 1 is 1.05 bits per heavy atom. The van der Waals surface area contributed by atoms with Gasteiger partial charge >= 0.3 is 0 Å². The summed E-state index contributed by atoms with van der Waals surface area (Å²) in [5.74, 6) is 0.837. The summed E-state index contributed by atoms with van der Waals surface area (Å²) in [5, 5.41) is 14.7. The lowest BCUT2D eigenvalue weighted by Crippen LogP contribution is -2.00. The van der Waals surface area contributed by atoms with Crippen LogP contribution in [0, 0.1) is 0 Å². The fourth-order valence-corrected chi connectivity index (χ4v) is 2.05. The van der Waals surface area contributed by atoms with Crippen LogP contribution < -0.4 is 0 Å². The fourth-order valence-electron chi connectivity index (χ4n) is 1.88. The van der Waals surface area contributed by atoms with Crippen LogP contribution in [-0.4, -0.2) is 19.9 Å². The lowest BCUT2D eigenvalue weighted by atomic mass is 10.1. The van der Waals surface area contributed by atoms with Gasteiger partial charge in [-0.2, -0.15) is 5.10 Å². The number of phenolic OH excluding ortho intramolecular Hbond substituents is 1. The molecule has 0 unspecified atom stereocenters. The molecule has 3 rings (SSSR count). The van der Waals surface area contributed by atoms with Gasteiger partial charge in [-0.15, -0.1) is 0 Å². The van der Waals surface area contributed by atoms with Gasteiger partial charge in [0.25, 0.3) is 0 Å². The van der Waals surface area contributed by atoms with Crippen molar-refractivity contribution in [3.8, 4) is 22.8 Å². The van der Waals surface area contributed by atoms with Gasteiger partial charge in [0.05, 0.1) is 11.9 Å². The van der Waals surface area contributed by atoms with Gasteiger partial charge in [0.15, 0.2) is 5.82 Å². The van der Waals surface area contributed by atoms with Crippen molar-refractivity contribution in [1.29, 1.82) is 0 Å². The Hall–Kier alpha value is -2.33. The second kappa shape index (κ2) is 4.74. The van der Waals surface area contributed by atoms with E-state index in [0.717, 1.165) is 5.69 Å². The summed E-state index contributed by atoms with van der Waals surface area (Å²) in [6, 6.07) is 12.3. The molecule has 0 bridgehead atoms. The molecule has 2 heterocycles. The van der Waals surface area contributed by atoms with E-state index in [9.17, 15) is 5.11 Å². The highest BCUT2D eigenvalue weighted by atomic mass is 35.5. The van der Waals surface area contributed by atoms with Gasteiger partial charge in [-0.1, -0.05) is 17.7 Å². The minimum absolute atomic E-state index is 0.155. The summed E-state index contributed by atoms with van der Waals surface area (Å²) in [6.45, 7) is 0. The second-order valence-electron chi connectivity index (χ2n) is 3.98. The zero-order chi connectivity index (χ0) is 13.2. The zero-order valence-electron chi connectivity index (χ0n) is 9.86. The summed E-state index contributed by atoms with van der Waals surface area (Å²) < 4.78 is 1.66. The maximum atomic E-state index is 9.96. The topological polar surface area (TPSA) is 50.9 Å². The van der Waals surface area contributed by atoms with E-state index in [1.807, 2.05) is 18.2 Å². The van der Waals surface area contributed by atoms with Crippen molar-refractivity contribution in [3.05, 3.63) is 59.9 Å². The van der Waals surface area contributed by atoms with E-state index in [0.29, 0.717) is 16.4 Å². The average molecular weight is 272 g/mol. The molecule has 0 saturated heterocycles. The Balaban J connectivity index is 2.18. The number of benzene rings is 1. The standard InChI is InChI=1S/C14H10ClN3O/c15-10-4-5-13(19)11(9-10)12-6-8-17-18(12)14-3-1-2-7-16-14/h1-9,19H. The lowest BCUT2D eigenvalue weighted by molar-refractivity contribution is 0.477. The van der Waals surface area contributed by atoms with Crippen LogP contribution in [0.2, 0.25) is 5.02 Å².